The molecular formula is C11H16BrN3O. The molecule has 0 aliphatic heterocycles. The first-order chi connectivity index (χ1) is 7.70. The Balaban J connectivity index is 1.97. The van der Waals surface area contributed by atoms with Crippen molar-refractivity contribution in [3.8, 4) is 0 Å². The molecule has 2 atom stereocenters. The average molecular weight is 286 g/mol. The van der Waals surface area contributed by atoms with Gasteiger partial charge >= 0.3 is 0 Å². The van der Waals surface area contributed by atoms with E-state index in [1.807, 2.05) is 0 Å². The molecule has 1 fully saturated rings. The largest absolute Gasteiger partial charge is 0.356 e. The number of hydrogen-bond acceptors (Lipinski definition) is 2. The van der Waals surface area contributed by atoms with Gasteiger partial charge in [-0.05, 0) is 47.3 Å². The van der Waals surface area contributed by atoms with Crippen molar-refractivity contribution in [2.45, 2.75) is 25.3 Å². The Morgan fingerprint density at radius 2 is 2.44 bits per heavy atom. The van der Waals surface area contributed by atoms with Crippen LogP contribution in [0.4, 0.5) is 0 Å². The van der Waals surface area contributed by atoms with Crippen LogP contribution in [0.3, 0.4) is 0 Å². The fraction of sp³-hybridized carbons (Fsp3) is 0.545. The van der Waals surface area contributed by atoms with E-state index in [1.165, 1.54) is 0 Å². The molecule has 1 aromatic heterocycles. The van der Waals surface area contributed by atoms with Crippen LogP contribution in [0.25, 0.3) is 0 Å². The summed E-state index contributed by atoms with van der Waals surface area (Å²) in [7, 11) is 0. The third-order valence-electron chi connectivity index (χ3n) is 3.17. The van der Waals surface area contributed by atoms with Crippen molar-refractivity contribution in [3.05, 3.63) is 22.4 Å². The highest BCUT2D eigenvalue weighted by Gasteiger charge is 2.27. The monoisotopic (exact) mass is 285 g/mol. The zero-order valence-electron chi connectivity index (χ0n) is 9.00. The summed E-state index contributed by atoms with van der Waals surface area (Å²) >= 11 is 3.31. The van der Waals surface area contributed by atoms with Gasteiger partial charge in [0.1, 0.15) is 5.69 Å². The Morgan fingerprint density at radius 1 is 1.62 bits per heavy atom. The molecule has 2 unspecified atom stereocenters. The minimum Gasteiger partial charge on any atom is -0.356 e. The first-order valence-corrected chi connectivity index (χ1v) is 6.35. The molecule has 0 spiro atoms. The molecule has 0 aromatic carbocycles. The van der Waals surface area contributed by atoms with E-state index in [-0.39, 0.29) is 11.9 Å². The van der Waals surface area contributed by atoms with E-state index in [0.29, 0.717) is 18.2 Å². The van der Waals surface area contributed by atoms with Crippen molar-refractivity contribution in [3.63, 3.8) is 0 Å². The minimum atomic E-state index is -0.0453. The number of rotatable bonds is 3. The molecule has 2 rings (SSSR count). The highest BCUT2D eigenvalue weighted by Crippen LogP contribution is 2.24. The molecule has 1 heterocycles. The zero-order valence-corrected chi connectivity index (χ0v) is 10.6. The van der Waals surface area contributed by atoms with Crippen LogP contribution in [0.15, 0.2) is 16.7 Å². The minimum absolute atomic E-state index is 0.0453. The van der Waals surface area contributed by atoms with Gasteiger partial charge in [-0.15, -0.1) is 0 Å². The Labute approximate surface area is 103 Å². The van der Waals surface area contributed by atoms with E-state index in [0.717, 1.165) is 23.7 Å². The first-order valence-electron chi connectivity index (χ1n) is 5.55. The molecule has 16 heavy (non-hydrogen) atoms. The van der Waals surface area contributed by atoms with Crippen molar-refractivity contribution >= 4 is 21.8 Å². The summed E-state index contributed by atoms with van der Waals surface area (Å²) in [6.07, 6.45) is 5.07. The quantitative estimate of drug-likeness (QED) is 0.790. The summed E-state index contributed by atoms with van der Waals surface area (Å²) < 4.78 is 0.888. The van der Waals surface area contributed by atoms with Crippen LogP contribution in [0.2, 0.25) is 0 Å². The van der Waals surface area contributed by atoms with Crippen molar-refractivity contribution in [2.75, 3.05) is 6.54 Å². The number of nitrogens with one attached hydrogen (secondary N) is 2. The van der Waals surface area contributed by atoms with Gasteiger partial charge in [0, 0.05) is 16.7 Å². The SMILES string of the molecule is NCC1CCCC1NC(=O)c1cc(Br)c[nH]1. The number of nitrogens with two attached hydrogens (primary N) is 1. The van der Waals surface area contributed by atoms with Crippen molar-refractivity contribution < 1.29 is 4.79 Å². The van der Waals surface area contributed by atoms with Gasteiger partial charge in [-0.25, -0.2) is 0 Å². The van der Waals surface area contributed by atoms with Crippen molar-refractivity contribution in [1.29, 1.82) is 0 Å². The lowest BCUT2D eigenvalue weighted by Crippen LogP contribution is -2.39. The number of aromatic amines is 1. The van der Waals surface area contributed by atoms with Gasteiger partial charge in [0.25, 0.3) is 5.91 Å². The van der Waals surface area contributed by atoms with Gasteiger partial charge < -0.3 is 16.0 Å². The molecule has 4 N–H and O–H groups in total. The number of carbonyl (C=O) groups is 1. The molecule has 1 aliphatic rings. The second-order valence-corrected chi connectivity index (χ2v) is 5.15. The van der Waals surface area contributed by atoms with E-state index in [1.54, 1.807) is 12.3 Å². The summed E-state index contributed by atoms with van der Waals surface area (Å²) in [5.74, 6) is 0.387. The Bertz CT molecular complexity index is 377. The zero-order chi connectivity index (χ0) is 11.5. The molecule has 4 nitrogen and oxygen atoms in total. The highest BCUT2D eigenvalue weighted by atomic mass is 79.9. The van der Waals surface area contributed by atoms with Crippen LogP contribution >= 0.6 is 15.9 Å². The molecule has 0 saturated heterocycles. The second kappa shape index (κ2) is 5.01. The van der Waals surface area contributed by atoms with Crippen LogP contribution in [-0.4, -0.2) is 23.5 Å². The van der Waals surface area contributed by atoms with E-state index in [2.05, 4.69) is 26.2 Å². The van der Waals surface area contributed by atoms with Gasteiger partial charge in [0.2, 0.25) is 0 Å². The van der Waals surface area contributed by atoms with Gasteiger partial charge in [-0.2, -0.15) is 0 Å². The van der Waals surface area contributed by atoms with E-state index >= 15 is 0 Å². The van der Waals surface area contributed by atoms with Gasteiger partial charge in [0.05, 0.1) is 0 Å². The highest BCUT2D eigenvalue weighted by molar-refractivity contribution is 9.10. The van der Waals surface area contributed by atoms with E-state index in [9.17, 15) is 4.79 Å². The smallest absolute Gasteiger partial charge is 0.267 e. The topological polar surface area (TPSA) is 70.9 Å². The Hall–Kier alpha value is -0.810. The van der Waals surface area contributed by atoms with Gasteiger partial charge in [0.15, 0.2) is 0 Å². The van der Waals surface area contributed by atoms with Crippen LogP contribution in [0.5, 0.6) is 0 Å². The second-order valence-electron chi connectivity index (χ2n) is 4.24. The lowest BCUT2D eigenvalue weighted by atomic mass is 10.0. The van der Waals surface area contributed by atoms with E-state index < -0.39 is 0 Å². The number of aromatic nitrogens is 1. The average Bonchev–Trinajstić information content (AvgIpc) is 2.86. The number of halogens is 1. The van der Waals surface area contributed by atoms with Crippen LogP contribution in [0, 0.1) is 5.92 Å². The molecule has 1 aromatic rings. The Morgan fingerprint density at radius 3 is 3.06 bits per heavy atom. The molecule has 1 saturated carbocycles. The fourth-order valence-electron chi connectivity index (χ4n) is 2.25. The lowest BCUT2D eigenvalue weighted by Gasteiger charge is -2.18. The summed E-state index contributed by atoms with van der Waals surface area (Å²) in [6.45, 7) is 0.652. The predicted molar refractivity (Wildman–Crippen MR) is 66.1 cm³/mol. The summed E-state index contributed by atoms with van der Waals surface area (Å²) in [5.41, 5.74) is 6.27. The van der Waals surface area contributed by atoms with Crippen LogP contribution < -0.4 is 11.1 Å². The standard InChI is InChI=1S/C11H16BrN3O/c12-8-4-10(14-6-8)11(16)15-9-3-1-2-7(9)5-13/h4,6-7,9,14H,1-3,5,13H2,(H,15,16). The molecule has 88 valence electrons. The molecule has 5 heteroatoms. The normalized spacial score (nSPS) is 24.6. The number of amides is 1. The van der Waals surface area contributed by atoms with Crippen LogP contribution in [-0.2, 0) is 0 Å². The third-order valence-corrected chi connectivity index (χ3v) is 3.63. The van der Waals surface area contributed by atoms with E-state index in [4.69, 9.17) is 5.73 Å². The number of carbonyl (C=O) groups excluding carboxylic acids is 1. The lowest BCUT2D eigenvalue weighted by molar-refractivity contribution is 0.0924. The maximum Gasteiger partial charge on any atom is 0.267 e. The number of hydrogen-bond donors (Lipinski definition) is 3. The molecule has 0 radical (unpaired) electrons. The first kappa shape index (κ1) is 11.7. The summed E-state index contributed by atoms with van der Waals surface area (Å²) in [5, 5.41) is 3.04. The third kappa shape index (κ3) is 2.47. The molecular weight excluding hydrogens is 270 g/mol. The van der Waals surface area contributed by atoms with Gasteiger partial charge in [-0.1, -0.05) is 6.42 Å². The summed E-state index contributed by atoms with van der Waals surface area (Å²) in [6, 6.07) is 2.02. The van der Waals surface area contributed by atoms with Crippen molar-refractivity contribution in [2.24, 2.45) is 11.7 Å². The van der Waals surface area contributed by atoms with Crippen molar-refractivity contribution in [1.82, 2.24) is 10.3 Å². The number of H-pyrrole nitrogens is 1. The summed E-state index contributed by atoms with van der Waals surface area (Å²) in [4.78, 5) is 14.8. The van der Waals surface area contributed by atoms with Gasteiger partial charge in [-0.3, -0.25) is 4.79 Å². The Kier molecular flexibility index (Phi) is 3.66. The predicted octanol–water partition coefficient (Wildman–Crippen LogP) is 1.63. The fourth-order valence-corrected chi connectivity index (χ4v) is 2.60. The molecule has 0 bridgehead atoms. The maximum absolute atomic E-state index is 11.9. The maximum atomic E-state index is 11.9. The molecule has 1 aliphatic carbocycles. The van der Waals surface area contributed by atoms with Crippen LogP contribution in [0.1, 0.15) is 29.8 Å². The molecule has 1 amide bonds.